The van der Waals surface area contributed by atoms with Crippen molar-refractivity contribution in [2.45, 2.75) is 53.0 Å². The van der Waals surface area contributed by atoms with Crippen molar-refractivity contribution >= 4 is 17.3 Å². The minimum absolute atomic E-state index is 0.0988. The van der Waals surface area contributed by atoms with Gasteiger partial charge in [0, 0.05) is 13.1 Å². The lowest BCUT2D eigenvalue weighted by Gasteiger charge is -2.25. The molecular formula is C15H24ClN3O. The van der Waals surface area contributed by atoms with Crippen LogP contribution in [0, 0.1) is 11.3 Å². The van der Waals surface area contributed by atoms with Crippen LogP contribution in [-0.4, -0.2) is 16.3 Å². The second-order valence-corrected chi connectivity index (χ2v) is 7.30. The predicted molar refractivity (Wildman–Crippen MR) is 83.4 cm³/mol. The van der Waals surface area contributed by atoms with Gasteiger partial charge in [0.05, 0.1) is 11.2 Å². The molecule has 1 heterocycles. The zero-order valence-electron chi connectivity index (χ0n) is 12.6. The van der Waals surface area contributed by atoms with Crippen LogP contribution in [-0.2, 0) is 6.54 Å². The number of rotatable bonds is 5. The molecule has 1 N–H and O–H groups in total. The quantitative estimate of drug-likeness (QED) is 0.904. The lowest BCUT2D eigenvalue weighted by Crippen LogP contribution is -2.31. The molecule has 1 aromatic rings. The number of anilines is 1. The van der Waals surface area contributed by atoms with Gasteiger partial charge >= 0.3 is 0 Å². The van der Waals surface area contributed by atoms with Gasteiger partial charge in [0.15, 0.2) is 0 Å². The first-order valence-corrected chi connectivity index (χ1v) is 7.74. The Kier molecular flexibility index (Phi) is 4.74. The number of nitrogens with one attached hydrogen (secondary N) is 1. The molecule has 0 unspecified atom stereocenters. The average molecular weight is 298 g/mol. The van der Waals surface area contributed by atoms with Gasteiger partial charge in [-0.25, -0.2) is 4.68 Å². The predicted octanol–water partition coefficient (Wildman–Crippen LogP) is 3.54. The van der Waals surface area contributed by atoms with Gasteiger partial charge in [-0.2, -0.15) is 5.10 Å². The molecule has 5 heteroatoms. The monoisotopic (exact) mass is 297 g/mol. The number of hydrogen-bond donors (Lipinski definition) is 1. The van der Waals surface area contributed by atoms with Crippen LogP contribution < -0.4 is 10.9 Å². The van der Waals surface area contributed by atoms with Gasteiger partial charge in [-0.05, 0) is 30.6 Å². The number of nitrogens with zero attached hydrogens (tertiary/aromatic N) is 2. The molecule has 112 valence electrons. The molecule has 20 heavy (non-hydrogen) atoms. The molecule has 0 atom stereocenters. The molecule has 0 aromatic carbocycles. The first-order valence-electron chi connectivity index (χ1n) is 7.36. The summed E-state index contributed by atoms with van der Waals surface area (Å²) in [7, 11) is 0. The summed E-state index contributed by atoms with van der Waals surface area (Å²) in [4.78, 5) is 12.4. The van der Waals surface area contributed by atoms with Crippen molar-refractivity contribution in [2.24, 2.45) is 11.3 Å². The smallest absolute Gasteiger partial charge is 0.291 e. The van der Waals surface area contributed by atoms with Crippen molar-refractivity contribution in [3.8, 4) is 0 Å². The Balaban J connectivity index is 2.06. The van der Waals surface area contributed by atoms with Crippen LogP contribution in [0.1, 0.15) is 46.5 Å². The fourth-order valence-electron chi connectivity index (χ4n) is 2.24. The third-order valence-corrected chi connectivity index (χ3v) is 4.12. The van der Waals surface area contributed by atoms with Crippen LogP contribution in [0.2, 0.25) is 5.02 Å². The van der Waals surface area contributed by atoms with Gasteiger partial charge in [-0.3, -0.25) is 4.79 Å². The minimum atomic E-state index is -0.0988. The van der Waals surface area contributed by atoms with E-state index in [0.717, 1.165) is 13.0 Å². The maximum atomic E-state index is 12.4. The molecule has 0 saturated heterocycles. The largest absolute Gasteiger partial charge is 0.379 e. The van der Waals surface area contributed by atoms with Gasteiger partial charge in [-0.1, -0.05) is 38.8 Å². The number of aromatic nitrogens is 2. The molecular weight excluding hydrogens is 274 g/mol. The first-order chi connectivity index (χ1) is 9.37. The summed E-state index contributed by atoms with van der Waals surface area (Å²) in [5.41, 5.74) is 0.626. The highest BCUT2D eigenvalue weighted by Gasteiger charge is 2.20. The zero-order chi connectivity index (χ0) is 14.8. The minimum Gasteiger partial charge on any atom is -0.379 e. The standard InChI is InChI=1S/C15H24ClN3O/c1-15(2,3)7-8-17-13-12(16)9-18-19(14(13)20)10-11-5-4-6-11/h9,11,17H,4-8,10H2,1-3H3. The molecule has 1 aromatic heterocycles. The molecule has 0 spiro atoms. The molecule has 0 radical (unpaired) electrons. The summed E-state index contributed by atoms with van der Waals surface area (Å²) in [6.45, 7) is 7.99. The summed E-state index contributed by atoms with van der Waals surface area (Å²) < 4.78 is 1.55. The van der Waals surface area contributed by atoms with Gasteiger partial charge in [-0.15, -0.1) is 0 Å². The molecule has 1 aliphatic carbocycles. The zero-order valence-corrected chi connectivity index (χ0v) is 13.3. The molecule has 1 saturated carbocycles. The van der Waals surface area contributed by atoms with Crippen molar-refractivity contribution in [3.63, 3.8) is 0 Å². The van der Waals surface area contributed by atoms with Gasteiger partial charge < -0.3 is 5.32 Å². The molecule has 1 fully saturated rings. The Morgan fingerprint density at radius 1 is 1.45 bits per heavy atom. The van der Waals surface area contributed by atoms with Gasteiger partial charge in [0.1, 0.15) is 5.69 Å². The number of hydrogen-bond acceptors (Lipinski definition) is 3. The van der Waals surface area contributed by atoms with E-state index in [1.54, 1.807) is 10.9 Å². The summed E-state index contributed by atoms with van der Waals surface area (Å²) >= 11 is 6.10. The Morgan fingerprint density at radius 2 is 2.15 bits per heavy atom. The fourth-order valence-corrected chi connectivity index (χ4v) is 2.43. The van der Waals surface area contributed by atoms with Gasteiger partial charge in [0.25, 0.3) is 5.56 Å². The van der Waals surface area contributed by atoms with E-state index in [9.17, 15) is 4.79 Å². The summed E-state index contributed by atoms with van der Waals surface area (Å²) in [5.74, 6) is 0.601. The van der Waals surface area contributed by atoms with E-state index in [1.165, 1.54) is 19.3 Å². The van der Waals surface area contributed by atoms with Crippen molar-refractivity contribution in [2.75, 3.05) is 11.9 Å². The second kappa shape index (κ2) is 6.17. The second-order valence-electron chi connectivity index (χ2n) is 6.89. The van der Waals surface area contributed by atoms with E-state index < -0.39 is 0 Å². The molecule has 0 amide bonds. The van der Waals surface area contributed by atoms with Crippen molar-refractivity contribution in [1.29, 1.82) is 0 Å². The molecule has 1 aliphatic rings. The molecule has 2 rings (SSSR count). The lowest BCUT2D eigenvalue weighted by atomic mass is 9.85. The fraction of sp³-hybridized carbons (Fsp3) is 0.733. The Morgan fingerprint density at radius 3 is 2.70 bits per heavy atom. The van der Waals surface area contributed by atoms with Crippen LogP contribution in [0.3, 0.4) is 0 Å². The highest BCUT2D eigenvalue weighted by atomic mass is 35.5. The van der Waals surface area contributed by atoms with E-state index >= 15 is 0 Å². The first kappa shape index (κ1) is 15.4. The molecule has 0 bridgehead atoms. The molecule has 0 aliphatic heterocycles. The van der Waals surface area contributed by atoms with E-state index in [1.807, 2.05) is 0 Å². The van der Waals surface area contributed by atoms with Crippen LogP contribution in [0.15, 0.2) is 11.0 Å². The van der Waals surface area contributed by atoms with Crippen LogP contribution in [0.5, 0.6) is 0 Å². The van der Waals surface area contributed by atoms with Crippen LogP contribution >= 0.6 is 11.6 Å². The maximum absolute atomic E-state index is 12.4. The summed E-state index contributed by atoms with van der Waals surface area (Å²) in [6.07, 6.45) is 6.21. The Labute approximate surface area is 125 Å². The Hall–Kier alpha value is -1.03. The van der Waals surface area contributed by atoms with E-state index in [4.69, 9.17) is 11.6 Å². The average Bonchev–Trinajstić information content (AvgIpc) is 2.29. The van der Waals surface area contributed by atoms with Crippen LogP contribution in [0.4, 0.5) is 5.69 Å². The highest BCUT2D eigenvalue weighted by molar-refractivity contribution is 6.32. The van der Waals surface area contributed by atoms with Crippen molar-refractivity contribution < 1.29 is 0 Å². The maximum Gasteiger partial charge on any atom is 0.291 e. The summed E-state index contributed by atoms with van der Waals surface area (Å²) in [5, 5.41) is 7.74. The SMILES string of the molecule is CC(C)(C)CCNc1c(Cl)cnn(CC2CCC2)c1=O. The van der Waals surface area contributed by atoms with E-state index in [0.29, 0.717) is 23.2 Å². The van der Waals surface area contributed by atoms with E-state index in [-0.39, 0.29) is 11.0 Å². The molecule has 4 nitrogen and oxygen atoms in total. The third kappa shape index (κ3) is 3.98. The van der Waals surface area contributed by atoms with Crippen LogP contribution in [0.25, 0.3) is 0 Å². The third-order valence-electron chi connectivity index (χ3n) is 3.83. The van der Waals surface area contributed by atoms with Gasteiger partial charge in [0.2, 0.25) is 0 Å². The highest BCUT2D eigenvalue weighted by Crippen LogP contribution is 2.27. The summed E-state index contributed by atoms with van der Waals surface area (Å²) in [6, 6.07) is 0. The lowest BCUT2D eigenvalue weighted by molar-refractivity contribution is 0.262. The topological polar surface area (TPSA) is 46.9 Å². The van der Waals surface area contributed by atoms with Crippen molar-refractivity contribution in [1.82, 2.24) is 9.78 Å². The Bertz CT molecular complexity index is 515. The van der Waals surface area contributed by atoms with E-state index in [2.05, 4.69) is 31.2 Å². The van der Waals surface area contributed by atoms with Crippen molar-refractivity contribution in [3.05, 3.63) is 21.6 Å². The number of halogens is 1. The normalized spacial score (nSPS) is 16.0.